The van der Waals surface area contributed by atoms with Crippen molar-refractivity contribution in [2.75, 3.05) is 26.2 Å². The van der Waals surface area contributed by atoms with Gasteiger partial charge in [0, 0.05) is 19.1 Å². The van der Waals surface area contributed by atoms with Crippen LogP contribution < -0.4 is 5.32 Å². The SMILES string of the molecule is CC1CCN(CC(CO)(NC2CC2)C2CC2)C1. The highest BCUT2D eigenvalue weighted by atomic mass is 16.3. The summed E-state index contributed by atoms with van der Waals surface area (Å²) >= 11 is 0. The van der Waals surface area contributed by atoms with Gasteiger partial charge in [-0.2, -0.15) is 0 Å². The Balaban J connectivity index is 1.64. The van der Waals surface area contributed by atoms with Gasteiger partial charge in [-0.05, 0) is 50.5 Å². The van der Waals surface area contributed by atoms with E-state index >= 15 is 0 Å². The van der Waals surface area contributed by atoms with Crippen LogP contribution in [0.15, 0.2) is 0 Å². The number of aliphatic hydroxyl groups excluding tert-OH is 1. The quantitative estimate of drug-likeness (QED) is 0.730. The van der Waals surface area contributed by atoms with E-state index < -0.39 is 0 Å². The van der Waals surface area contributed by atoms with Crippen LogP contribution >= 0.6 is 0 Å². The average Bonchev–Trinajstić information content (AvgIpc) is 3.19. The first-order valence-corrected chi connectivity index (χ1v) is 7.33. The highest BCUT2D eigenvalue weighted by Gasteiger charge is 2.48. The van der Waals surface area contributed by atoms with E-state index in [0.29, 0.717) is 12.6 Å². The third-order valence-electron chi connectivity index (χ3n) is 4.72. The highest BCUT2D eigenvalue weighted by molar-refractivity contribution is 5.06. The topological polar surface area (TPSA) is 35.5 Å². The molecule has 1 heterocycles. The molecule has 2 N–H and O–H groups in total. The fourth-order valence-corrected chi connectivity index (χ4v) is 3.36. The van der Waals surface area contributed by atoms with E-state index in [0.717, 1.165) is 18.4 Å². The van der Waals surface area contributed by atoms with E-state index in [1.165, 1.54) is 45.2 Å². The van der Waals surface area contributed by atoms with Crippen LogP contribution in [0, 0.1) is 11.8 Å². The van der Waals surface area contributed by atoms with Gasteiger partial charge in [-0.15, -0.1) is 0 Å². The molecular formula is C14H26N2O. The third kappa shape index (κ3) is 2.67. The predicted octanol–water partition coefficient (Wildman–Crippen LogP) is 1.22. The Morgan fingerprint density at radius 3 is 2.47 bits per heavy atom. The molecule has 0 spiro atoms. The molecule has 0 aromatic rings. The molecule has 3 fully saturated rings. The number of nitrogens with one attached hydrogen (secondary N) is 1. The molecule has 2 saturated carbocycles. The smallest absolute Gasteiger partial charge is 0.0628 e. The molecule has 0 aromatic carbocycles. The largest absolute Gasteiger partial charge is 0.394 e. The highest BCUT2D eigenvalue weighted by Crippen LogP contribution is 2.42. The van der Waals surface area contributed by atoms with Crippen molar-refractivity contribution in [1.29, 1.82) is 0 Å². The van der Waals surface area contributed by atoms with Crippen LogP contribution in [-0.4, -0.2) is 47.8 Å². The molecule has 0 bridgehead atoms. The maximum Gasteiger partial charge on any atom is 0.0628 e. The third-order valence-corrected chi connectivity index (χ3v) is 4.72. The minimum absolute atomic E-state index is 0.0191. The Bertz CT molecular complexity index is 275. The normalized spacial score (nSPS) is 33.9. The lowest BCUT2D eigenvalue weighted by molar-refractivity contribution is 0.0971. The second kappa shape index (κ2) is 4.52. The van der Waals surface area contributed by atoms with E-state index in [2.05, 4.69) is 17.1 Å². The number of likely N-dealkylation sites (tertiary alicyclic amines) is 1. The van der Waals surface area contributed by atoms with Crippen LogP contribution in [0.3, 0.4) is 0 Å². The van der Waals surface area contributed by atoms with Crippen LogP contribution in [0.5, 0.6) is 0 Å². The number of hydrogen-bond acceptors (Lipinski definition) is 3. The molecule has 2 unspecified atom stereocenters. The molecule has 3 aliphatic rings. The molecule has 3 rings (SSSR count). The van der Waals surface area contributed by atoms with Gasteiger partial charge in [-0.1, -0.05) is 6.92 Å². The maximum atomic E-state index is 9.90. The number of rotatable bonds is 6. The summed E-state index contributed by atoms with van der Waals surface area (Å²) in [6.45, 7) is 6.17. The van der Waals surface area contributed by atoms with E-state index in [1.807, 2.05) is 0 Å². The van der Waals surface area contributed by atoms with Gasteiger partial charge in [-0.3, -0.25) is 0 Å². The summed E-state index contributed by atoms with van der Waals surface area (Å²) in [5.41, 5.74) is 0.0191. The molecule has 2 aliphatic carbocycles. The first-order chi connectivity index (χ1) is 8.22. The summed E-state index contributed by atoms with van der Waals surface area (Å²) < 4.78 is 0. The van der Waals surface area contributed by atoms with Crippen molar-refractivity contribution in [3.8, 4) is 0 Å². The monoisotopic (exact) mass is 238 g/mol. The van der Waals surface area contributed by atoms with Gasteiger partial charge in [0.1, 0.15) is 0 Å². The van der Waals surface area contributed by atoms with Crippen LogP contribution in [0.1, 0.15) is 39.0 Å². The summed E-state index contributed by atoms with van der Waals surface area (Å²) in [5, 5.41) is 13.7. The van der Waals surface area contributed by atoms with Gasteiger partial charge < -0.3 is 15.3 Å². The summed E-state index contributed by atoms with van der Waals surface area (Å²) in [7, 11) is 0. The molecule has 0 aromatic heterocycles. The molecule has 1 aliphatic heterocycles. The van der Waals surface area contributed by atoms with Crippen LogP contribution in [0.25, 0.3) is 0 Å². The molecule has 0 radical (unpaired) electrons. The fraction of sp³-hybridized carbons (Fsp3) is 1.00. The van der Waals surface area contributed by atoms with E-state index in [9.17, 15) is 5.11 Å². The zero-order chi connectivity index (χ0) is 11.9. The van der Waals surface area contributed by atoms with Crippen molar-refractivity contribution < 1.29 is 5.11 Å². The Labute approximate surface area is 105 Å². The van der Waals surface area contributed by atoms with Crippen LogP contribution in [0.2, 0.25) is 0 Å². The lowest BCUT2D eigenvalue weighted by atomic mass is 9.93. The lowest BCUT2D eigenvalue weighted by Crippen LogP contribution is -2.58. The summed E-state index contributed by atoms with van der Waals surface area (Å²) in [6, 6.07) is 0.697. The van der Waals surface area contributed by atoms with Crippen molar-refractivity contribution in [1.82, 2.24) is 10.2 Å². The van der Waals surface area contributed by atoms with Crippen molar-refractivity contribution in [3.05, 3.63) is 0 Å². The number of nitrogens with zero attached hydrogens (tertiary/aromatic N) is 1. The van der Waals surface area contributed by atoms with Crippen LogP contribution in [-0.2, 0) is 0 Å². The summed E-state index contributed by atoms with van der Waals surface area (Å²) in [4.78, 5) is 2.56. The van der Waals surface area contributed by atoms with Gasteiger partial charge in [0.05, 0.1) is 12.1 Å². The molecule has 17 heavy (non-hydrogen) atoms. The van der Waals surface area contributed by atoms with Crippen molar-refractivity contribution >= 4 is 0 Å². The average molecular weight is 238 g/mol. The summed E-state index contributed by atoms with van der Waals surface area (Å²) in [5.74, 6) is 1.57. The zero-order valence-electron chi connectivity index (χ0n) is 11.0. The second-order valence-corrected chi connectivity index (χ2v) is 6.64. The summed E-state index contributed by atoms with van der Waals surface area (Å²) in [6.07, 6.45) is 6.57. The number of aliphatic hydroxyl groups is 1. The Kier molecular flexibility index (Phi) is 3.18. The second-order valence-electron chi connectivity index (χ2n) is 6.64. The molecule has 98 valence electrons. The predicted molar refractivity (Wildman–Crippen MR) is 68.9 cm³/mol. The Morgan fingerprint density at radius 2 is 2.00 bits per heavy atom. The van der Waals surface area contributed by atoms with Gasteiger partial charge in [-0.25, -0.2) is 0 Å². The molecule has 0 amide bonds. The first kappa shape index (κ1) is 11.9. The van der Waals surface area contributed by atoms with Crippen molar-refractivity contribution in [2.24, 2.45) is 11.8 Å². The van der Waals surface area contributed by atoms with Gasteiger partial charge in [0.2, 0.25) is 0 Å². The molecule has 3 nitrogen and oxygen atoms in total. The molecule has 3 heteroatoms. The van der Waals surface area contributed by atoms with Crippen LogP contribution in [0.4, 0.5) is 0 Å². The molecule has 2 atom stereocenters. The molecular weight excluding hydrogens is 212 g/mol. The minimum Gasteiger partial charge on any atom is -0.394 e. The molecule has 1 saturated heterocycles. The van der Waals surface area contributed by atoms with E-state index in [1.54, 1.807) is 0 Å². The Morgan fingerprint density at radius 1 is 1.24 bits per heavy atom. The van der Waals surface area contributed by atoms with Crippen molar-refractivity contribution in [2.45, 2.75) is 50.6 Å². The van der Waals surface area contributed by atoms with Gasteiger partial charge in [0.15, 0.2) is 0 Å². The van der Waals surface area contributed by atoms with E-state index in [-0.39, 0.29) is 5.54 Å². The van der Waals surface area contributed by atoms with E-state index in [4.69, 9.17) is 0 Å². The zero-order valence-corrected chi connectivity index (χ0v) is 11.0. The minimum atomic E-state index is 0.0191. The van der Waals surface area contributed by atoms with Gasteiger partial charge in [0.25, 0.3) is 0 Å². The lowest BCUT2D eigenvalue weighted by Gasteiger charge is -2.37. The standard InChI is InChI=1S/C14H26N2O/c1-11-6-7-16(8-11)9-14(10-17,12-2-3-12)15-13-4-5-13/h11-13,15,17H,2-10H2,1H3. The fourth-order valence-electron chi connectivity index (χ4n) is 3.36. The van der Waals surface area contributed by atoms with Crippen molar-refractivity contribution in [3.63, 3.8) is 0 Å². The maximum absolute atomic E-state index is 9.90. The number of hydrogen-bond donors (Lipinski definition) is 2. The Hall–Kier alpha value is -0.120. The first-order valence-electron chi connectivity index (χ1n) is 7.33. The van der Waals surface area contributed by atoms with Gasteiger partial charge >= 0.3 is 0 Å².